The van der Waals surface area contributed by atoms with Gasteiger partial charge in [0.15, 0.2) is 0 Å². The van der Waals surface area contributed by atoms with Gasteiger partial charge in [0.05, 0.1) is 17.5 Å². The molecule has 0 N–H and O–H groups in total. The van der Waals surface area contributed by atoms with Crippen molar-refractivity contribution in [3.05, 3.63) is 59.1 Å². The normalized spacial score (nSPS) is 17.4. The van der Waals surface area contributed by atoms with E-state index in [2.05, 4.69) is 0 Å². The zero-order valence-corrected chi connectivity index (χ0v) is 16.7. The van der Waals surface area contributed by atoms with Crippen molar-refractivity contribution in [1.82, 2.24) is 4.90 Å². The van der Waals surface area contributed by atoms with E-state index in [0.29, 0.717) is 10.8 Å². The summed E-state index contributed by atoms with van der Waals surface area (Å²) in [5, 5.41) is 0.684. The summed E-state index contributed by atoms with van der Waals surface area (Å²) in [5.74, 6) is 0.359. The van der Waals surface area contributed by atoms with Crippen LogP contribution in [0.25, 0.3) is 0 Å². The summed E-state index contributed by atoms with van der Waals surface area (Å²) < 4.78 is 0. The van der Waals surface area contributed by atoms with Crippen molar-refractivity contribution in [3.63, 3.8) is 0 Å². The van der Waals surface area contributed by atoms with Gasteiger partial charge in [-0.3, -0.25) is 9.59 Å². The maximum absolute atomic E-state index is 13.2. The molecule has 2 aliphatic rings. The zero-order chi connectivity index (χ0) is 19.0. The Morgan fingerprint density at radius 3 is 2.63 bits per heavy atom. The van der Waals surface area contributed by atoms with E-state index in [1.807, 2.05) is 60.4 Å². The molecular formula is C21H21ClN2O2S. The molecule has 140 valence electrons. The number of fused-ring (bicyclic) bond motifs is 1. The molecule has 2 aromatic carbocycles. The molecule has 0 spiro atoms. The van der Waals surface area contributed by atoms with Crippen LogP contribution in [0.1, 0.15) is 31.4 Å². The molecule has 1 heterocycles. The van der Waals surface area contributed by atoms with E-state index < -0.39 is 0 Å². The van der Waals surface area contributed by atoms with Gasteiger partial charge in [-0.1, -0.05) is 35.9 Å². The summed E-state index contributed by atoms with van der Waals surface area (Å²) >= 11 is 7.53. The van der Waals surface area contributed by atoms with Gasteiger partial charge in [0.1, 0.15) is 6.54 Å². The Kier molecular flexibility index (Phi) is 5.15. The lowest BCUT2D eigenvalue weighted by molar-refractivity contribution is -0.133. The average molecular weight is 401 g/mol. The number of para-hydroxylation sites is 1. The number of amides is 2. The van der Waals surface area contributed by atoms with Crippen LogP contribution in [0.5, 0.6) is 0 Å². The predicted molar refractivity (Wildman–Crippen MR) is 109 cm³/mol. The third-order valence-electron chi connectivity index (χ3n) is 5.10. The summed E-state index contributed by atoms with van der Waals surface area (Å²) in [5.41, 5.74) is 1.89. The van der Waals surface area contributed by atoms with E-state index in [1.54, 1.807) is 4.90 Å². The van der Waals surface area contributed by atoms with Crippen LogP contribution in [0.2, 0.25) is 5.02 Å². The molecule has 1 saturated carbocycles. The first kappa shape index (κ1) is 18.4. The lowest BCUT2D eigenvalue weighted by atomic mass is 10.1. The van der Waals surface area contributed by atoms with Crippen molar-refractivity contribution >= 4 is 40.9 Å². The highest BCUT2D eigenvalue weighted by molar-refractivity contribution is 8.00. The molecule has 4 nitrogen and oxygen atoms in total. The van der Waals surface area contributed by atoms with Gasteiger partial charge < -0.3 is 9.80 Å². The van der Waals surface area contributed by atoms with E-state index in [0.717, 1.165) is 29.0 Å². The molecule has 0 radical (unpaired) electrons. The molecule has 1 atom stereocenters. The van der Waals surface area contributed by atoms with E-state index in [-0.39, 0.29) is 30.4 Å². The van der Waals surface area contributed by atoms with Crippen molar-refractivity contribution < 1.29 is 9.59 Å². The van der Waals surface area contributed by atoms with Gasteiger partial charge in [-0.2, -0.15) is 0 Å². The second-order valence-corrected chi connectivity index (χ2v) is 8.45. The highest BCUT2D eigenvalue weighted by Crippen LogP contribution is 2.37. The maximum atomic E-state index is 13.2. The number of nitrogens with zero attached hydrogens (tertiary/aromatic N) is 2. The molecule has 2 aromatic rings. The molecule has 1 aliphatic carbocycles. The number of benzene rings is 2. The lowest BCUT2D eigenvalue weighted by Crippen LogP contribution is -2.46. The van der Waals surface area contributed by atoms with Crippen LogP contribution >= 0.6 is 23.4 Å². The fraction of sp³-hybridized carbons (Fsp3) is 0.333. The van der Waals surface area contributed by atoms with Gasteiger partial charge in [-0.15, -0.1) is 11.8 Å². The fourth-order valence-corrected chi connectivity index (χ4v) is 4.60. The molecule has 27 heavy (non-hydrogen) atoms. The maximum Gasteiger partial charge on any atom is 0.243 e. The molecular weight excluding hydrogens is 380 g/mol. The van der Waals surface area contributed by atoms with Gasteiger partial charge in [0.2, 0.25) is 11.8 Å². The Labute approximate surface area is 168 Å². The summed E-state index contributed by atoms with van der Waals surface area (Å²) in [6.07, 6.45) is 2.04. The van der Waals surface area contributed by atoms with Crippen LogP contribution in [0.4, 0.5) is 5.69 Å². The molecule has 0 aromatic heterocycles. The van der Waals surface area contributed by atoms with Crippen LogP contribution in [0.3, 0.4) is 0 Å². The third-order valence-corrected chi connectivity index (χ3v) is 6.40. The van der Waals surface area contributed by atoms with Gasteiger partial charge >= 0.3 is 0 Å². The van der Waals surface area contributed by atoms with E-state index in [9.17, 15) is 9.59 Å². The minimum Gasteiger partial charge on any atom is -0.331 e. The molecule has 1 aliphatic heterocycles. The largest absolute Gasteiger partial charge is 0.331 e. The summed E-state index contributed by atoms with van der Waals surface area (Å²) in [4.78, 5) is 30.4. The zero-order valence-electron chi connectivity index (χ0n) is 15.1. The van der Waals surface area contributed by atoms with Crippen molar-refractivity contribution in [2.45, 2.75) is 36.7 Å². The van der Waals surface area contributed by atoms with E-state index >= 15 is 0 Å². The Morgan fingerprint density at radius 1 is 1.22 bits per heavy atom. The first-order chi connectivity index (χ1) is 13.0. The molecule has 2 amide bonds. The minimum atomic E-state index is -0.0493. The molecule has 0 bridgehead atoms. The Hall–Kier alpha value is -1.98. The smallest absolute Gasteiger partial charge is 0.243 e. The predicted octanol–water partition coefficient (Wildman–Crippen LogP) is 4.53. The number of carbonyl (C=O) groups excluding carboxylic acids is 2. The average Bonchev–Trinajstić information content (AvgIpc) is 3.50. The number of anilines is 1. The van der Waals surface area contributed by atoms with E-state index in [4.69, 9.17) is 11.6 Å². The summed E-state index contributed by atoms with van der Waals surface area (Å²) in [7, 11) is 0. The van der Waals surface area contributed by atoms with Crippen LogP contribution in [0.15, 0.2) is 53.4 Å². The fourth-order valence-electron chi connectivity index (χ4n) is 3.53. The van der Waals surface area contributed by atoms with Crippen LogP contribution < -0.4 is 4.90 Å². The highest BCUT2D eigenvalue weighted by Gasteiger charge is 2.38. The molecule has 1 fully saturated rings. The van der Waals surface area contributed by atoms with Gasteiger partial charge in [-0.25, -0.2) is 0 Å². The van der Waals surface area contributed by atoms with Crippen LogP contribution in [-0.2, 0) is 9.59 Å². The Morgan fingerprint density at radius 2 is 1.93 bits per heavy atom. The molecule has 6 heteroatoms. The first-order valence-electron chi connectivity index (χ1n) is 9.13. The summed E-state index contributed by atoms with van der Waals surface area (Å²) in [6, 6.07) is 15.6. The third kappa shape index (κ3) is 3.85. The van der Waals surface area contributed by atoms with Crippen LogP contribution in [0, 0.1) is 0 Å². The number of carbonyl (C=O) groups is 2. The van der Waals surface area contributed by atoms with Crippen molar-refractivity contribution in [2.24, 2.45) is 0 Å². The Balaban J connectivity index is 1.57. The SMILES string of the molecule is CC(c1ccc(Cl)cc1)N(C(=O)CN1C(=O)CSc2ccccc21)C1CC1. The van der Waals surface area contributed by atoms with Gasteiger partial charge in [0.25, 0.3) is 0 Å². The molecule has 4 rings (SSSR count). The minimum absolute atomic E-state index is 0.00463. The monoisotopic (exact) mass is 400 g/mol. The topological polar surface area (TPSA) is 40.6 Å². The Bertz CT molecular complexity index is 867. The summed E-state index contributed by atoms with van der Waals surface area (Å²) in [6.45, 7) is 2.13. The number of hydrogen-bond acceptors (Lipinski definition) is 3. The van der Waals surface area contributed by atoms with Crippen molar-refractivity contribution in [1.29, 1.82) is 0 Å². The number of halogens is 1. The van der Waals surface area contributed by atoms with Gasteiger partial charge in [0, 0.05) is 16.0 Å². The second kappa shape index (κ2) is 7.56. The van der Waals surface area contributed by atoms with E-state index in [1.165, 1.54) is 11.8 Å². The van der Waals surface area contributed by atoms with Crippen molar-refractivity contribution in [2.75, 3.05) is 17.2 Å². The number of hydrogen-bond donors (Lipinski definition) is 0. The highest BCUT2D eigenvalue weighted by atomic mass is 35.5. The molecule has 0 saturated heterocycles. The number of thioether (sulfide) groups is 1. The van der Waals surface area contributed by atoms with Crippen LogP contribution in [-0.4, -0.2) is 35.1 Å². The first-order valence-corrected chi connectivity index (χ1v) is 10.5. The lowest BCUT2D eigenvalue weighted by Gasteiger charge is -2.34. The van der Waals surface area contributed by atoms with Gasteiger partial charge in [-0.05, 0) is 49.6 Å². The number of rotatable bonds is 5. The standard InChI is InChI=1S/C21H21ClN2O2S/c1-14(15-6-8-16(22)9-7-15)24(17-10-11-17)20(25)12-23-18-4-2-3-5-19(18)27-13-21(23)26/h2-9,14,17H,10-13H2,1H3. The molecule has 1 unspecified atom stereocenters. The van der Waals surface area contributed by atoms with Crippen molar-refractivity contribution in [3.8, 4) is 0 Å². The quantitative estimate of drug-likeness (QED) is 0.740. The second-order valence-electron chi connectivity index (χ2n) is 7.00.